The van der Waals surface area contributed by atoms with E-state index < -0.39 is 18.1 Å². The second kappa shape index (κ2) is 8.07. The largest absolute Gasteiger partial charge is 0.496 e. The maximum atomic E-state index is 13.6. The zero-order chi connectivity index (χ0) is 22.4. The lowest BCUT2D eigenvalue weighted by molar-refractivity contribution is -0.126. The van der Waals surface area contributed by atoms with Gasteiger partial charge in [0.25, 0.3) is 5.91 Å². The summed E-state index contributed by atoms with van der Waals surface area (Å²) >= 11 is 3.54. The molecule has 0 bridgehead atoms. The average Bonchev–Trinajstić information content (AvgIpc) is 3.30. The third-order valence-corrected chi connectivity index (χ3v) is 6.52. The van der Waals surface area contributed by atoms with Crippen LogP contribution in [0.4, 0.5) is 11.4 Å². The van der Waals surface area contributed by atoms with Crippen LogP contribution in [0.3, 0.4) is 0 Å². The minimum Gasteiger partial charge on any atom is -0.496 e. The van der Waals surface area contributed by atoms with Crippen LogP contribution in [-0.4, -0.2) is 25.0 Å². The Hall–Kier alpha value is -3.16. The van der Waals surface area contributed by atoms with E-state index in [9.17, 15) is 9.59 Å². The monoisotopic (exact) mass is 492 g/mol. The highest BCUT2D eigenvalue weighted by Crippen LogP contribution is 2.48. The standard InChI is InChI=1S/C25H21BrN2O4/c1-15-7-6-10-18(13-15)27-24(29)21-22(16-11-12-20(31-2)19(26)14-16)28(32-23(21)25(27)30)17-8-4-3-5-9-17/h3-14,21-23H,1-2H3/t21-,22-,23+/m1/s1. The maximum absolute atomic E-state index is 13.6. The van der Waals surface area contributed by atoms with Crippen molar-refractivity contribution >= 4 is 39.1 Å². The number of para-hydroxylation sites is 1. The van der Waals surface area contributed by atoms with Gasteiger partial charge in [-0.3, -0.25) is 14.4 Å². The molecule has 0 spiro atoms. The summed E-state index contributed by atoms with van der Waals surface area (Å²) in [6.45, 7) is 1.93. The van der Waals surface area contributed by atoms with Gasteiger partial charge in [-0.05, 0) is 70.4 Å². The smallest absolute Gasteiger partial charge is 0.266 e. The van der Waals surface area contributed by atoms with E-state index in [1.54, 1.807) is 18.2 Å². The Morgan fingerprint density at radius 1 is 0.906 bits per heavy atom. The molecule has 0 saturated carbocycles. The predicted molar refractivity (Wildman–Crippen MR) is 124 cm³/mol. The second-order valence-corrected chi connectivity index (χ2v) is 8.76. The first kappa shape index (κ1) is 20.7. The number of hydroxylamine groups is 1. The van der Waals surface area contributed by atoms with Crippen LogP contribution in [0.1, 0.15) is 17.2 Å². The lowest BCUT2D eigenvalue weighted by atomic mass is 9.90. The molecule has 3 aromatic rings. The summed E-state index contributed by atoms with van der Waals surface area (Å²) < 4.78 is 6.13. The average molecular weight is 493 g/mol. The molecule has 5 rings (SSSR count). The maximum Gasteiger partial charge on any atom is 0.266 e. The number of ether oxygens (including phenoxy) is 1. The summed E-state index contributed by atoms with van der Waals surface area (Å²) in [5, 5.41) is 1.69. The van der Waals surface area contributed by atoms with Gasteiger partial charge >= 0.3 is 0 Å². The summed E-state index contributed by atoms with van der Waals surface area (Å²) in [7, 11) is 1.60. The van der Waals surface area contributed by atoms with E-state index in [-0.39, 0.29) is 11.8 Å². The molecule has 3 atom stereocenters. The van der Waals surface area contributed by atoms with Crippen LogP contribution in [0.25, 0.3) is 0 Å². The molecule has 2 aliphatic heterocycles. The molecule has 162 valence electrons. The number of hydrogen-bond acceptors (Lipinski definition) is 5. The van der Waals surface area contributed by atoms with Gasteiger partial charge < -0.3 is 4.74 Å². The first-order valence-electron chi connectivity index (χ1n) is 10.3. The number of imide groups is 1. The molecule has 2 fully saturated rings. The van der Waals surface area contributed by atoms with E-state index >= 15 is 0 Å². The SMILES string of the molecule is COc1ccc([C@@H]2[C@H]3C(=O)N(c4cccc(C)c4)C(=O)[C@H]3ON2c2ccccc2)cc1Br. The van der Waals surface area contributed by atoms with Gasteiger partial charge in [0.15, 0.2) is 6.10 Å². The fourth-order valence-corrected chi connectivity index (χ4v) is 5.00. The molecule has 6 nitrogen and oxygen atoms in total. The fraction of sp³-hybridized carbons (Fsp3) is 0.200. The molecule has 0 N–H and O–H groups in total. The third-order valence-electron chi connectivity index (χ3n) is 5.90. The third kappa shape index (κ3) is 3.29. The number of halogens is 1. The van der Waals surface area contributed by atoms with Crippen LogP contribution in [0.5, 0.6) is 5.75 Å². The van der Waals surface area contributed by atoms with Crippen molar-refractivity contribution in [2.24, 2.45) is 5.92 Å². The number of amides is 2. The van der Waals surface area contributed by atoms with Gasteiger partial charge in [-0.1, -0.05) is 36.4 Å². The Morgan fingerprint density at radius 3 is 2.34 bits per heavy atom. The Balaban J connectivity index is 1.60. The van der Waals surface area contributed by atoms with Gasteiger partial charge in [0.2, 0.25) is 5.91 Å². The fourth-order valence-electron chi connectivity index (χ4n) is 4.44. The number of anilines is 2. The van der Waals surface area contributed by atoms with Crippen LogP contribution in [0.15, 0.2) is 77.3 Å². The van der Waals surface area contributed by atoms with Gasteiger partial charge in [-0.25, -0.2) is 9.96 Å². The molecular weight excluding hydrogens is 472 g/mol. The van der Waals surface area contributed by atoms with Gasteiger partial charge in [0.1, 0.15) is 11.7 Å². The number of carbonyl (C=O) groups excluding carboxylic acids is 2. The van der Waals surface area contributed by atoms with Gasteiger partial charge in [-0.15, -0.1) is 0 Å². The first-order valence-corrected chi connectivity index (χ1v) is 11.1. The lowest BCUT2D eigenvalue weighted by Gasteiger charge is -2.29. The molecule has 2 aliphatic rings. The van der Waals surface area contributed by atoms with E-state index in [1.165, 1.54) is 4.90 Å². The number of aryl methyl sites for hydroxylation is 1. The summed E-state index contributed by atoms with van der Waals surface area (Å²) in [6, 6.07) is 22.1. The van der Waals surface area contributed by atoms with Crippen molar-refractivity contribution in [3.63, 3.8) is 0 Å². The lowest BCUT2D eigenvalue weighted by Crippen LogP contribution is -2.37. The van der Waals surface area contributed by atoms with Crippen LogP contribution < -0.4 is 14.7 Å². The Bertz CT molecular complexity index is 1200. The number of rotatable bonds is 4. The normalized spacial score (nSPS) is 22.4. The highest BCUT2D eigenvalue weighted by molar-refractivity contribution is 9.10. The van der Waals surface area contributed by atoms with Crippen LogP contribution in [0, 0.1) is 12.8 Å². The van der Waals surface area contributed by atoms with Crippen molar-refractivity contribution in [1.29, 1.82) is 0 Å². The molecule has 3 aromatic carbocycles. The minimum absolute atomic E-state index is 0.263. The molecule has 0 radical (unpaired) electrons. The molecule has 7 heteroatoms. The van der Waals surface area contributed by atoms with Crippen LogP contribution >= 0.6 is 15.9 Å². The zero-order valence-electron chi connectivity index (χ0n) is 17.6. The van der Waals surface area contributed by atoms with Crippen molar-refractivity contribution in [2.75, 3.05) is 17.1 Å². The molecular formula is C25H21BrN2O4. The molecule has 2 saturated heterocycles. The van der Waals surface area contributed by atoms with E-state index in [4.69, 9.17) is 9.57 Å². The van der Waals surface area contributed by atoms with Crippen molar-refractivity contribution in [3.05, 3.63) is 88.4 Å². The van der Waals surface area contributed by atoms with Gasteiger partial charge in [0, 0.05) is 0 Å². The Kier molecular flexibility index (Phi) is 5.23. The molecule has 0 aromatic heterocycles. The highest BCUT2D eigenvalue weighted by atomic mass is 79.9. The van der Waals surface area contributed by atoms with Crippen molar-refractivity contribution in [3.8, 4) is 5.75 Å². The Labute approximate surface area is 194 Å². The second-order valence-electron chi connectivity index (χ2n) is 7.90. The number of benzene rings is 3. The summed E-state index contributed by atoms with van der Waals surface area (Å²) in [5.74, 6) is -0.600. The predicted octanol–water partition coefficient (Wildman–Crippen LogP) is 4.82. The number of carbonyl (C=O) groups is 2. The van der Waals surface area contributed by atoms with Crippen molar-refractivity contribution < 1.29 is 19.2 Å². The molecule has 0 unspecified atom stereocenters. The van der Waals surface area contributed by atoms with Crippen molar-refractivity contribution in [2.45, 2.75) is 19.1 Å². The topological polar surface area (TPSA) is 59.1 Å². The molecule has 2 amide bonds. The molecule has 2 heterocycles. The number of nitrogens with zero attached hydrogens (tertiary/aromatic N) is 2. The molecule has 0 aliphatic carbocycles. The van der Waals surface area contributed by atoms with E-state index in [2.05, 4.69) is 15.9 Å². The van der Waals surface area contributed by atoms with Crippen molar-refractivity contribution in [1.82, 2.24) is 0 Å². The van der Waals surface area contributed by atoms with E-state index in [0.29, 0.717) is 11.4 Å². The van der Waals surface area contributed by atoms with Gasteiger partial charge in [-0.2, -0.15) is 0 Å². The molecule has 32 heavy (non-hydrogen) atoms. The Morgan fingerprint density at radius 2 is 1.66 bits per heavy atom. The zero-order valence-corrected chi connectivity index (χ0v) is 19.2. The summed E-state index contributed by atoms with van der Waals surface area (Å²) in [4.78, 5) is 34.4. The van der Waals surface area contributed by atoms with E-state index in [1.807, 2.05) is 73.7 Å². The van der Waals surface area contributed by atoms with Crippen LogP contribution in [-0.2, 0) is 14.4 Å². The van der Waals surface area contributed by atoms with E-state index in [0.717, 1.165) is 21.3 Å². The number of methoxy groups -OCH3 is 1. The minimum atomic E-state index is -0.894. The van der Waals surface area contributed by atoms with Gasteiger partial charge in [0.05, 0.1) is 29.0 Å². The summed E-state index contributed by atoms with van der Waals surface area (Å²) in [5.41, 5.74) is 3.17. The quantitative estimate of drug-likeness (QED) is 0.488. The summed E-state index contributed by atoms with van der Waals surface area (Å²) in [6.07, 6.45) is -0.894. The number of hydrogen-bond donors (Lipinski definition) is 0. The van der Waals surface area contributed by atoms with Crippen LogP contribution in [0.2, 0.25) is 0 Å². The number of fused-ring (bicyclic) bond motifs is 1. The first-order chi connectivity index (χ1) is 15.5. The highest BCUT2D eigenvalue weighted by Gasteiger charge is 2.60.